The van der Waals surface area contributed by atoms with Crippen molar-refractivity contribution in [1.82, 2.24) is 0 Å². The summed E-state index contributed by atoms with van der Waals surface area (Å²) in [5.74, 6) is -0.204. The Kier molecular flexibility index (Phi) is 5.30. The van der Waals surface area contributed by atoms with Gasteiger partial charge in [-0.05, 0) is 53.1 Å². The fourth-order valence-electron chi connectivity index (χ4n) is 2.69. The minimum atomic E-state index is -0.204. The highest BCUT2D eigenvalue weighted by molar-refractivity contribution is 6.31. The number of nitrogens with one attached hydrogen (secondary N) is 1. The maximum atomic E-state index is 12.5. The fourth-order valence-corrected chi connectivity index (χ4v) is 2.87. The quantitative estimate of drug-likeness (QED) is 0.591. The Bertz CT molecular complexity index is 978. The van der Waals surface area contributed by atoms with Crippen molar-refractivity contribution < 1.29 is 9.59 Å². The average Bonchev–Trinajstić information content (AvgIpc) is 2.68. The van der Waals surface area contributed by atoms with Crippen molar-refractivity contribution in [3.63, 3.8) is 0 Å². The number of aldehydes is 1. The number of carbonyl (C=O) groups excluding carboxylic acids is 2. The molecule has 0 spiro atoms. The molecule has 4 heteroatoms. The van der Waals surface area contributed by atoms with Crippen LogP contribution in [0.5, 0.6) is 0 Å². The Hall–Kier alpha value is -3.17. The van der Waals surface area contributed by atoms with Crippen LogP contribution in [0.3, 0.4) is 0 Å². The lowest BCUT2D eigenvalue weighted by Crippen LogP contribution is -2.13. The van der Waals surface area contributed by atoms with Gasteiger partial charge in [0, 0.05) is 21.8 Å². The first-order valence-corrected chi connectivity index (χ1v) is 8.38. The van der Waals surface area contributed by atoms with Gasteiger partial charge in [-0.1, -0.05) is 54.6 Å². The molecule has 0 radical (unpaired) electrons. The van der Waals surface area contributed by atoms with E-state index in [1.807, 2.05) is 30.3 Å². The monoisotopic (exact) mass is 361 g/mol. The van der Waals surface area contributed by atoms with Crippen LogP contribution in [0.4, 0.5) is 5.69 Å². The van der Waals surface area contributed by atoms with Crippen LogP contribution < -0.4 is 5.32 Å². The molecule has 0 atom stereocenters. The van der Waals surface area contributed by atoms with Gasteiger partial charge in [-0.15, -0.1) is 0 Å². The standard InChI is InChI=1S/C22H16ClNO2/c1-2-15-5-3-4-6-20(15)22(26)24-19-11-8-16(9-12-19)21-13-18(23)10-7-17(21)14-25/h2-14H,1H2,(H,24,26). The van der Waals surface area contributed by atoms with Gasteiger partial charge in [0.1, 0.15) is 0 Å². The highest BCUT2D eigenvalue weighted by Gasteiger charge is 2.10. The summed E-state index contributed by atoms with van der Waals surface area (Å²) in [6, 6.07) is 19.6. The third-order valence-electron chi connectivity index (χ3n) is 4.02. The zero-order valence-electron chi connectivity index (χ0n) is 13.9. The SMILES string of the molecule is C=Cc1ccccc1C(=O)Nc1ccc(-c2cc(Cl)ccc2C=O)cc1. The van der Waals surface area contributed by atoms with Gasteiger partial charge in [0.05, 0.1) is 0 Å². The maximum Gasteiger partial charge on any atom is 0.256 e. The zero-order valence-corrected chi connectivity index (χ0v) is 14.7. The summed E-state index contributed by atoms with van der Waals surface area (Å²) in [5.41, 5.74) is 4.15. The van der Waals surface area contributed by atoms with Crippen LogP contribution in [0.2, 0.25) is 5.02 Å². The van der Waals surface area contributed by atoms with Gasteiger partial charge in [-0.3, -0.25) is 9.59 Å². The van der Waals surface area contributed by atoms with E-state index < -0.39 is 0 Å². The fraction of sp³-hybridized carbons (Fsp3) is 0. The molecule has 0 aliphatic rings. The zero-order chi connectivity index (χ0) is 18.5. The number of halogens is 1. The molecule has 1 N–H and O–H groups in total. The molecule has 0 aliphatic carbocycles. The molecule has 0 bridgehead atoms. The van der Waals surface area contributed by atoms with Gasteiger partial charge in [0.25, 0.3) is 5.91 Å². The summed E-state index contributed by atoms with van der Waals surface area (Å²) in [4.78, 5) is 23.7. The third kappa shape index (κ3) is 3.73. The lowest BCUT2D eigenvalue weighted by Gasteiger charge is -2.10. The van der Waals surface area contributed by atoms with Gasteiger partial charge < -0.3 is 5.32 Å². The van der Waals surface area contributed by atoms with E-state index in [2.05, 4.69) is 11.9 Å². The van der Waals surface area contributed by atoms with Crippen LogP contribution in [0.25, 0.3) is 17.2 Å². The molecule has 1 amide bonds. The normalized spacial score (nSPS) is 10.2. The molecule has 3 rings (SSSR count). The van der Waals surface area contributed by atoms with Gasteiger partial charge in [0.2, 0.25) is 0 Å². The number of carbonyl (C=O) groups is 2. The molecule has 0 saturated carbocycles. The first kappa shape index (κ1) is 17.6. The van der Waals surface area contributed by atoms with Crippen molar-refractivity contribution >= 4 is 35.6 Å². The number of anilines is 1. The molecule has 3 nitrogen and oxygen atoms in total. The van der Waals surface area contributed by atoms with Gasteiger partial charge in [-0.2, -0.15) is 0 Å². The molecular weight excluding hydrogens is 346 g/mol. The van der Waals surface area contributed by atoms with Gasteiger partial charge >= 0.3 is 0 Å². The topological polar surface area (TPSA) is 46.2 Å². The van der Waals surface area contributed by atoms with E-state index in [0.717, 1.165) is 23.0 Å². The molecule has 0 saturated heterocycles. The largest absolute Gasteiger partial charge is 0.322 e. The van der Waals surface area contributed by atoms with E-state index in [9.17, 15) is 9.59 Å². The van der Waals surface area contributed by atoms with Crippen LogP contribution >= 0.6 is 11.6 Å². The second-order valence-electron chi connectivity index (χ2n) is 5.67. The van der Waals surface area contributed by atoms with Crippen LogP contribution in [0, 0.1) is 0 Å². The first-order chi connectivity index (χ1) is 12.6. The summed E-state index contributed by atoms with van der Waals surface area (Å²) in [6.07, 6.45) is 2.45. The average molecular weight is 362 g/mol. The van der Waals surface area contributed by atoms with E-state index in [1.165, 1.54) is 0 Å². The van der Waals surface area contributed by atoms with Crippen molar-refractivity contribution in [2.24, 2.45) is 0 Å². The van der Waals surface area contributed by atoms with Crippen molar-refractivity contribution in [3.05, 3.63) is 95.0 Å². The van der Waals surface area contributed by atoms with Gasteiger partial charge in [0.15, 0.2) is 6.29 Å². The lowest BCUT2D eigenvalue weighted by atomic mass is 10.00. The molecule has 0 fully saturated rings. The third-order valence-corrected chi connectivity index (χ3v) is 4.26. The second kappa shape index (κ2) is 7.81. The summed E-state index contributed by atoms with van der Waals surface area (Å²) in [6.45, 7) is 3.73. The minimum Gasteiger partial charge on any atom is -0.322 e. The molecular formula is C22H16ClNO2. The van der Waals surface area contributed by atoms with Crippen LogP contribution in [-0.4, -0.2) is 12.2 Å². The second-order valence-corrected chi connectivity index (χ2v) is 6.11. The van der Waals surface area contributed by atoms with Gasteiger partial charge in [-0.25, -0.2) is 0 Å². The summed E-state index contributed by atoms with van der Waals surface area (Å²) < 4.78 is 0. The Labute approximate surface area is 156 Å². The van der Waals surface area contributed by atoms with Crippen molar-refractivity contribution in [2.45, 2.75) is 0 Å². The van der Waals surface area contributed by atoms with E-state index >= 15 is 0 Å². The van der Waals surface area contributed by atoms with E-state index in [1.54, 1.807) is 42.5 Å². The summed E-state index contributed by atoms with van der Waals surface area (Å²) in [5, 5.41) is 3.43. The smallest absolute Gasteiger partial charge is 0.256 e. The highest BCUT2D eigenvalue weighted by Crippen LogP contribution is 2.27. The number of rotatable bonds is 5. The number of benzene rings is 3. The summed E-state index contributed by atoms with van der Waals surface area (Å²) in [7, 11) is 0. The molecule has 3 aromatic rings. The van der Waals surface area contributed by atoms with E-state index in [-0.39, 0.29) is 5.91 Å². The molecule has 128 valence electrons. The predicted molar refractivity (Wildman–Crippen MR) is 107 cm³/mol. The minimum absolute atomic E-state index is 0.204. The molecule has 0 heterocycles. The summed E-state index contributed by atoms with van der Waals surface area (Å²) >= 11 is 6.04. The Morgan fingerprint density at radius 2 is 1.69 bits per heavy atom. The molecule has 0 unspecified atom stereocenters. The Morgan fingerprint density at radius 3 is 2.38 bits per heavy atom. The number of amides is 1. The molecule has 0 aromatic heterocycles. The van der Waals surface area contributed by atoms with E-state index in [0.29, 0.717) is 21.8 Å². The van der Waals surface area contributed by atoms with Crippen LogP contribution in [0.1, 0.15) is 26.3 Å². The van der Waals surface area contributed by atoms with Crippen LogP contribution in [-0.2, 0) is 0 Å². The lowest BCUT2D eigenvalue weighted by molar-refractivity contribution is 0.102. The van der Waals surface area contributed by atoms with Crippen LogP contribution in [0.15, 0.2) is 73.3 Å². The van der Waals surface area contributed by atoms with Crippen molar-refractivity contribution in [2.75, 3.05) is 5.32 Å². The molecule has 0 aliphatic heterocycles. The first-order valence-electron chi connectivity index (χ1n) is 8.00. The molecule has 26 heavy (non-hydrogen) atoms. The Morgan fingerprint density at radius 1 is 0.962 bits per heavy atom. The van der Waals surface area contributed by atoms with E-state index in [4.69, 9.17) is 11.6 Å². The number of hydrogen-bond acceptors (Lipinski definition) is 2. The van der Waals surface area contributed by atoms with Crippen molar-refractivity contribution in [1.29, 1.82) is 0 Å². The van der Waals surface area contributed by atoms with Crippen molar-refractivity contribution in [3.8, 4) is 11.1 Å². The highest BCUT2D eigenvalue weighted by atomic mass is 35.5. The number of hydrogen-bond donors (Lipinski definition) is 1. The maximum absolute atomic E-state index is 12.5. The predicted octanol–water partition coefficient (Wildman–Crippen LogP) is 5.71. The molecule has 3 aromatic carbocycles. The Balaban J connectivity index is 1.84.